The van der Waals surface area contributed by atoms with Crippen molar-refractivity contribution in [1.82, 2.24) is 9.38 Å². The summed E-state index contributed by atoms with van der Waals surface area (Å²) in [6.45, 7) is 1.35. The second-order valence-corrected chi connectivity index (χ2v) is 7.56. The van der Waals surface area contributed by atoms with Gasteiger partial charge in [-0.1, -0.05) is 6.07 Å². The van der Waals surface area contributed by atoms with Crippen molar-refractivity contribution < 1.29 is 21.6 Å². The van der Waals surface area contributed by atoms with Crippen LogP contribution in [0, 0.1) is 6.92 Å². The zero-order valence-corrected chi connectivity index (χ0v) is 14.2. The molecule has 1 N–H and O–H groups in total. The number of fused-ring (bicyclic) bond motifs is 1. The molecule has 0 saturated carbocycles. The monoisotopic (exact) mass is 389 g/mol. The molecule has 0 aliphatic carbocycles. The Kier molecular flexibility index (Phi) is 4.07. The lowest BCUT2D eigenvalue weighted by atomic mass is 10.2. The van der Waals surface area contributed by atoms with Crippen LogP contribution in [-0.4, -0.2) is 17.8 Å². The van der Waals surface area contributed by atoms with E-state index in [1.54, 1.807) is 5.38 Å². The van der Waals surface area contributed by atoms with Gasteiger partial charge in [0.1, 0.15) is 0 Å². The Hall–Kier alpha value is -2.40. The van der Waals surface area contributed by atoms with E-state index >= 15 is 0 Å². The highest BCUT2D eigenvalue weighted by molar-refractivity contribution is 7.92. The molecule has 0 aliphatic heterocycles. The maximum absolute atomic E-state index is 12.8. The zero-order valence-electron chi connectivity index (χ0n) is 12.5. The number of alkyl halides is 3. The molecule has 0 radical (unpaired) electrons. The second-order valence-electron chi connectivity index (χ2n) is 5.07. The van der Waals surface area contributed by atoms with Crippen molar-refractivity contribution in [3.8, 4) is 0 Å². The molecule has 25 heavy (non-hydrogen) atoms. The van der Waals surface area contributed by atoms with E-state index in [1.165, 1.54) is 13.1 Å². The van der Waals surface area contributed by atoms with Crippen LogP contribution in [0.3, 0.4) is 0 Å². The van der Waals surface area contributed by atoms with E-state index in [0.717, 1.165) is 33.9 Å². The van der Waals surface area contributed by atoms with Crippen molar-refractivity contribution in [3.63, 3.8) is 0 Å². The maximum Gasteiger partial charge on any atom is 0.416 e. The van der Waals surface area contributed by atoms with Gasteiger partial charge in [-0.2, -0.15) is 13.2 Å². The molecule has 3 aromatic rings. The molecular weight excluding hydrogens is 379 g/mol. The van der Waals surface area contributed by atoms with Gasteiger partial charge in [0.25, 0.3) is 15.6 Å². The quantitative estimate of drug-likeness (QED) is 0.747. The first kappa shape index (κ1) is 17.4. The number of nitrogens with zero attached hydrogens (tertiary/aromatic N) is 2. The summed E-state index contributed by atoms with van der Waals surface area (Å²) < 4.78 is 66.4. The summed E-state index contributed by atoms with van der Waals surface area (Å²) >= 11 is 1.16. The third kappa shape index (κ3) is 3.24. The van der Waals surface area contributed by atoms with Crippen LogP contribution < -0.4 is 10.3 Å². The van der Waals surface area contributed by atoms with Gasteiger partial charge in [-0.25, -0.2) is 13.4 Å². The minimum absolute atomic E-state index is 0.0353. The molecule has 0 saturated heterocycles. The van der Waals surface area contributed by atoms with E-state index in [-0.39, 0.29) is 11.4 Å². The molecule has 0 bridgehead atoms. The Balaban J connectivity index is 2.08. The van der Waals surface area contributed by atoms with Gasteiger partial charge in [-0.3, -0.25) is 13.9 Å². The zero-order chi connectivity index (χ0) is 18.4. The third-order valence-electron chi connectivity index (χ3n) is 3.31. The predicted octanol–water partition coefficient (Wildman–Crippen LogP) is 2.88. The van der Waals surface area contributed by atoms with Gasteiger partial charge in [-0.05, 0) is 25.1 Å². The van der Waals surface area contributed by atoms with Crippen molar-refractivity contribution in [2.24, 2.45) is 0 Å². The third-order valence-corrected chi connectivity index (χ3v) is 5.57. The van der Waals surface area contributed by atoms with Crippen LogP contribution in [0.2, 0.25) is 0 Å². The highest BCUT2D eigenvalue weighted by Gasteiger charge is 2.31. The minimum atomic E-state index is -4.62. The second kappa shape index (κ2) is 5.85. The van der Waals surface area contributed by atoms with Gasteiger partial charge < -0.3 is 0 Å². The lowest BCUT2D eigenvalue weighted by Gasteiger charge is -2.12. The molecule has 0 unspecified atom stereocenters. The molecule has 6 nitrogen and oxygen atoms in total. The van der Waals surface area contributed by atoms with Crippen LogP contribution in [0.25, 0.3) is 4.96 Å². The molecule has 2 heterocycles. The number of aryl methyl sites for hydroxylation is 1. The fourth-order valence-electron chi connectivity index (χ4n) is 2.24. The summed E-state index contributed by atoms with van der Waals surface area (Å²) in [5.74, 6) is 0. The smallest absolute Gasteiger partial charge is 0.279 e. The molecule has 1 aromatic carbocycles. The number of hydrogen-bond acceptors (Lipinski definition) is 5. The lowest BCUT2D eigenvalue weighted by Crippen LogP contribution is -2.27. The SMILES string of the molecule is Cc1nc2sccn2c(=O)c1S(=O)(=O)Nc1cccc(C(F)(F)F)c1. The van der Waals surface area contributed by atoms with Crippen molar-refractivity contribution in [3.05, 3.63) is 57.5 Å². The molecule has 0 atom stereocenters. The number of aromatic nitrogens is 2. The van der Waals surface area contributed by atoms with E-state index in [0.29, 0.717) is 11.0 Å². The highest BCUT2D eigenvalue weighted by atomic mass is 32.2. The van der Waals surface area contributed by atoms with Crippen LogP contribution >= 0.6 is 11.3 Å². The van der Waals surface area contributed by atoms with E-state index in [1.807, 2.05) is 4.72 Å². The normalized spacial score (nSPS) is 12.5. The van der Waals surface area contributed by atoms with Gasteiger partial charge in [0.05, 0.1) is 11.3 Å². The number of sulfonamides is 1. The Morgan fingerprint density at radius 1 is 1.28 bits per heavy atom. The van der Waals surface area contributed by atoms with Crippen LogP contribution in [0.4, 0.5) is 18.9 Å². The Morgan fingerprint density at radius 3 is 2.68 bits per heavy atom. The Labute approximate surface area is 143 Å². The number of benzene rings is 1. The molecular formula is C14H10F3N3O3S2. The summed E-state index contributed by atoms with van der Waals surface area (Å²) in [7, 11) is -4.41. The summed E-state index contributed by atoms with van der Waals surface area (Å²) in [4.78, 5) is 16.2. The standard InChI is InChI=1S/C14H10F3N3O3S2/c1-8-11(12(21)20-5-6-24-13(20)18-8)25(22,23)19-10-4-2-3-9(7-10)14(15,16)17/h2-7,19H,1H3. The molecule has 2 aromatic heterocycles. The molecule has 0 fully saturated rings. The largest absolute Gasteiger partial charge is 0.416 e. The first-order valence-electron chi connectivity index (χ1n) is 6.76. The maximum atomic E-state index is 12.8. The molecule has 0 spiro atoms. The molecule has 0 amide bonds. The number of halogens is 3. The Morgan fingerprint density at radius 2 is 2.00 bits per heavy atom. The van der Waals surface area contributed by atoms with Gasteiger partial charge in [-0.15, -0.1) is 11.3 Å². The van der Waals surface area contributed by atoms with Crippen molar-refractivity contribution in [2.45, 2.75) is 18.0 Å². The number of anilines is 1. The average Bonchev–Trinajstić information content (AvgIpc) is 2.94. The van der Waals surface area contributed by atoms with Crippen LogP contribution in [-0.2, 0) is 16.2 Å². The molecule has 0 aliphatic rings. The molecule has 11 heteroatoms. The van der Waals surface area contributed by atoms with Gasteiger partial charge in [0.15, 0.2) is 9.86 Å². The first-order valence-corrected chi connectivity index (χ1v) is 9.12. The van der Waals surface area contributed by atoms with E-state index in [9.17, 15) is 26.4 Å². The van der Waals surface area contributed by atoms with E-state index < -0.39 is 32.2 Å². The Bertz CT molecular complexity index is 1120. The lowest BCUT2D eigenvalue weighted by molar-refractivity contribution is -0.137. The fourth-order valence-corrected chi connectivity index (χ4v) is 4.29. The highest BCUT2D eigenvalue weighted by Crippen LogP contribution is 2.31. The van der Waals surface area contributed by atoms with Crippen LogP contribution in [0.1, 0.15) is 11.3 Å². The van der Waals surface area contributed by atoms with Crippen molar-refractivity contribution in [2.75, 3.05) is 4.72 Å². The molecule has 132 valence electrons. The summed E-state index contributed by atoms with van der Waals surface area (Å²) in [6.07, 6.45) is -3.24. The minimum Gasteiger partial charge on any atom is -0.279 e. The number of thiazole rings is 1. The number of rotatable bonds is 3. The number of hydrogen-bond donors (Lipinski definition) is 1. The van der Waals surface area contributed by atoms with Gasteiger partial charge in [0, 0.05) is 17.3 Å². The predicted molar refractivity (Wildman–Crippen MR) is 86.3 cm³/mol. The first-order chi connectivity index (χ1) is 11.6. The van der Waals surface area contributed by atoms with Gasteiger partial charge in [0.2, 0.25) is 0 Å². The van der Waals surface area contributed by atoms with Crippen molar-refractivity contribution in [1.29, 1.82) is 0 Å². The fraction of sp³-hybridized carbons (Fsp3) is 0.143. The average molecular weight is 389 g/mol. The molecule has 3 rings (SSSR count). The summed E-state index contributed by atoms with van der Waals surface area (Å²) in [6, 6.07) is 3.70. The van der Waals surface area contributed by atoms with Crippen LogP contribution in [0.5, 0.6) is 0 Å². The number of nitrogens with one attached hydrogen (secondary N) is 1. The summed E-state index contributed by atoms with van der Waals surface area (Å²) in [5.41, 5.74) is -2.16. The summed E-state index contributed by atoms with van der Waals surface area (Å²) in [5, 5.41) is 1.57. The van der Waals surface area contributed by atoms with E-state index in [2.05, 4.69) is 4.98 Å². The van der Waals surface area contributed by atoms with E-state index in [4.69, 9.17) is 0 Å². The van der Waals surface area contributed by atoms with Gasteiger partial charge >= 0.3 is 6.18 Å². The van der Waals surface area contributed by atoms with Crippen molar-refractivity contribution >= 4 is 32.0 Å². The topological polar surface area (TPSA) is 80.5 Å². The van der Waals surface area contributed by atoms with Crippen LogP contribution in [0.15, 0.2) is 45.5 Å².